The summed E-state index contributed by atoms with van der Waals surface area (Å²) in [5, 5.41) is 9.14. The number of fused-ring (bicyclic) bond motifs is 1. The van der Waals surface area contributed by atoms with Gasteiger partial charge >= 0.3 is 5.97 Å². The van der Waals surface area contributed by atoms with Gasteiger partial charge in [0.15, 0.2) is 5.58 Å². The van der Waals surface area contributed by atoms with Crippen LogP contribution in [0.3, 0.4) is 0 Å². The van der Waals surface area contributed by atoms with Crippen molar-refractivity contribution < 1.29 is 19.1 Å². The number of methoxy groups -OCH3 is 1. The zero-order chi connectivity index (χ0) is 14.1. The Morgan fingerprint density at radius 3 is 2.80 bits per heavy atom. The normalized spacial score (nSPS) is 10.7. The number of rotatable bonds is 3. The lowest BCUT2D eigenvalue weighted by atomic mass is 10.2. The molecule has 3 rings (SSSR count). The van der Waals surface area contributed by atoms with Gasteiger partial charge in [0.1, 0.15) is 11.3 Å². The summed E-state index contributed by atoms with van der Waals surface area (Å²) in [6, 6.07) is 12.1. The van der Waals surface area contributed by atoms with E-state index in [0.717, 1.165) is 5.56 Å². The van der Waals surface area contributed by atoms with Crippen LogP contribution < -0.4 is 4.74 Å². The lowest BCUT2D eigenvalue weighted by molar-refractivity contribution is 0.0699. The molecule has 0 radical (unpaired) electrons. The van der Waals surface area contributed by atoms with Gasteiger partial charge in [-0.2, -0.15) is 0 Å². The molecule has 5 nitrogen and oxygen atoms in total. The zero-order valence-electron chi connectivity index (χ0n) is 10.7. The van der Waals surface area contributed by atoms with Crippen LogP contribution in [0.4, 0.5) is 0 Å². The molecule has 0 aliphatic rings. The van der Waals surface area contributed by atoms with Crippen LogP contribution in [0.25, 0.3) is 22.6 Å². The summed E-state index contributed by atoms with van der Waals surface area (Å²) < 4.78 is 10.8. The second-order valence-electron chi connectivity index (χ2n) is 4.21. The van der Waals surface area contributed by atoms with Gasteiger partial charge in [-0.3, -0.25) is 0 Å². The highest BCUT2D eigenvalue weighted by Crippen LogP contribution is 2.28. The molecule has 0 atom stereocenters. The molecule has 100 valence electrons. The fourth-order valence-electron chi connectivity index (χ4n) is 2.00. The van der Waals surface area contributed by atoms with Gasteiger partial charge in [0.25, 0.3) is 0 Å². The van der Waals surface area contributed by atoms with Gasteiger partial charge in [0.2, 0.25) is 5.89 Å². The van der Waals surface area contributed by atoms with E-state index in [1.807, 2.05) is 18.2 Å². The molecule has 0 saturated carbocycles. The maximum absolute atomic E-state index is 11.2. The second kappa shape index (κ2) is 4.70. The van der Waals surface area contributed by atoms with E-state index in [1.165, 1.54) is 6.07 Å². The summed E-state index contributed by atoms with van der Waals surface area (Å²) in [6.07, 6.45) is 0. The van der Waals surface area contributed by atoms with Crippen LogP contribution in [0.5, 0.6) is 5.75 Å². The Labute approximate surface area is 114 Å². The molecule has 1 aromatic heterocycles. The van der Waals surface area contributed by atoms with Gasteiger partial charge in [-0.15, -0.1) is 0 Å². The first-order valence-corrected chi connectivity index (χ1v) is 5.96. The second-order valence-corrected chi connectivity index (χ2v) is 4.21. The quantitative estimate of drug-likeness (QED) is 0.790. The number of hydrogen-bond donors (Lipinski definition) is 1. The molecule has 0 fully saturated rings. The Hall–Kier alpha value is -2.82. The molecule has 20 heavy (non-hydrogen) atoms. The van der Waals surface area contributed by atoms with Gasteiger partial charge in [-0.25, -0.2) is 9.78 Å². The molecule has 2 aromatic carbocycles. The number of aromatic carboxylic acids is 1. The molecule has 1 N–H and O–H groups in total. The van der Waals surface area contributed by atoms with Crippen LogP contribution in [0.1, 0.15) is 10.4 Å². The van der Waals surface area contributed by atoms with Crippen molar-refractivity contribution in [3.05, 3.63) is 48.0 Å². The van der Waals surface area contributed by atoms with Crippen molar-refractivity contribution in [2.24, 2.45) is 0 Å². The average Bonchev–Trinajstić information content (AvgIpc) is 2.91. The standard InChI is InChI=1S/C15H11NO4/c1-19-10-5-2-4-9(8-10)14-16-13-11(15(17)18)6-3-7-12(13)20-14/h2-8H,1H3,(H,17,18). The van der Waals surface area contributed by atoms with E-state index in [-0.39, 0.29) is 5.56 Å². The number of carbonyl (C=O) groups is 1. The third-order valence-electron chi connectivity index (χ3n) is 2.97. The van der Waals surface area contributed by atoms with Crippen LogP contribution in [0, 0.1) is 0 Å². The van der Waals surface area contributed by atoms with E-state index in [0.29, 0.717) is 22.7 Å². The van der Waals surface area contributed by atoms with Crippen LogP contribution in [0.15, 0.2) is 46.9 Å². The van der Waals surface area contributed by atoms with Crippen molar-refractivity contribution in [2.45, 2.75) is 0 Å². The summed E-state index contributed by atoms with van der Waals surface area (Å²) in [7, 11) is 1.58. The summed E-state index contributed by atoms with van der Waals surface area (Å²) in [5.74, 6) is 0.0249. The molecule has 0 bridgehead atoms. The predicted molar refractivity (Wildman–Crippen MR) is 73.0 cm³/mol. The number of nitrogens with zero attached hydrogens (tertiary/aromatic N) is 1. The Morgan fingerprint density at radius 2 is 2.05 bits per heavy atom. The Morgan fingerprint density at radius 1 is 1.25 bits per heavy atom. The third kappa shape index (κ3) is 1.99. The van der Waals surface area contributed by atoms with E-state index in [2.05, 4.69) is 4.98 Å². The van der Waals surface area contributed by atoms with Crippen molar-refractivity contribution in [3.63, 3.8) is 0 Å². The highest BCUT2D eigenvalue weighted by molar-refractivity contribution is 6.00. The Balaban J connectivity index is 2.17. The summed E-state index contributed by atoms with van der Waals surface area (Å²) in [4.78, 5) is 15.4. The Bertz CT molecular complexity index is 791. The molecule has 0 aliphatic heterocycles. The predicted octanol–water partition coefficient (Wildman–Crippen LogP) is 3.20. The molecule has 5 heteroatoms. The van der Waals surface area contributed by atoms with E-state index in [4.69, 9.17) is 14.3 Å². The first kappa shape index (κ1) is 12.2. The highest BCUT2D eigenvalue weighted by atomic mass is 16.5. The topological polar surface area (TPSA) is 72.6 Å². The van der Waals surface area contributed by atoms with Gasteiger partial charge in [-0.05, 0) is 30.3 Å². The van der Waals surface area contributed by atoms with E-state index >= 15 is 0 Å². The SMILES string of the molecule is COc1cccc(-c2nc3c(C(=O)O)cccc3o2)c1. The summed E-state index contributed by atoms with van der Waals surface area (Å²) in [5.41, 5.74) is 1.65. The van der Waals surface area contributed by atoms with Gasteiger partial charge < -0.3 is 14.3 Å². The summed E-state index contributed by atoms with van der Waals surface area (Å²) in [6.45, 7) is 0. The van der Waals surface area contributed by atoms with Gasteiger partial charge in [-0.1, -0.05) is 12.1 Å². The molecule has 1 heterocycles. The summed E-state index contributed by atoms with van der Waals surface area (Å²) >= 11 is 0. The van der Waals surface area contributed by atoms with Crippen LogP contribution in [0.2, 0.25) is 0 Å². The largest absolute Gasteiger partial charge is 0.497 e. The van der Waals surface area contributed by atoms with Crippen LogP contribution in [-0.2, 0) is 0 Å². The lowest BCUT2D eigenvalue weighted by Crippen LogP contribution is -1.96. The fraction of sp³-hybridized carbons (Fsp3) is 0.0667. The third-order valence-corrected chi connectivity index (χ3v) is 2.97. The number of carboxylic acids is 1. The maximum Gasteiger partial charge on any atom is 0.338 e. The lowest BCUT2D eigenvalue weighted by Gasteiger charge is -2.00. The van der Waals surface area contributed by atoms with Crippen LogP contribution >= 0.6 is 0 Å². The number of carboxylic acid groups (broad SMARTS) is 1. The smallest absolute Gasteiger partial charge is 0.338 e. The maximum atomic E-state index is 11.2. The molecule has 3 aromatic rings. The van der Waals surface area contributed by atoms with E-state index < -0.39 is 5.97 Å². The fourth-order valence-corrected chi connectivity index (χ4v) is 2.00. The van der Waals surface area contributed by atoms with Crippen molar-refractivity contribution >= 4 is 17.1 Å². The van der Waals surface area contributed by atoms with Crippen LogP contribution in [-0.4, -0.2) is 23.2 Å². The molecular formula is C15H11NO4. The van der Waals surface area contributed by atoms with Crippen molar-refractivity contribution in [2.75, 3.05) is 7.11 Å². The minimum atomic E-state index is -1.03. The highest BCUT2D eigenvalue weighted by Gasteiger charge is 2.15. The molecule has 0 saturated heterocycles. The molecule has 0 aliphatic carbocycles. The van der Waals surface area contributed by atoms with Crippen molar-refractivity contribution in [1.82, 2.24) is 4.98 Å². The minimum Gasteiger partial charge on any atom is -0.497 e. The molecular weight excluding hydrogens is 258 g/mol. The number of benzene rings is 2. The van der Waals surface area contributed by atoms with E-state index in [9.17, 15) is 4.79 Å². The number of hydrogen-bond acceptors (Lipinski definition) is 4. The van der Waals surface area contributed by atoms with Crippen molar-refractivity contribution in [3.8, 4) is 17.2 Å². The van der Waals surface area contributed by atoms with Gasteiger partial charge in [0.05, 0.1) is 12.7 Å². The van der Waals surface area contributed by atoms with E-state index in [1.54, 1.807) is 25.3 Å². The zero-order valence-corrected chi connectivity index (χ0v) is 10.7. The molecule has 0 amide bonds. The molecule has 0 unspecified atom stereocenters. The average molecular weight is 269 g/mol. The number of ether oxygens (including phenoxy) is 1. The number of para-hydroxylation sites is 1. The first-order valence-electron chi connectivity index (χ1n) is 5.96. The monoisotopic (exact) mass is 269 g/mol. The number of aromatic nitrogens is 1. The first-order chi connectivity index (χ1) is 9.69. The number of oxazole rings is 1. The minimum absolute atomic E-state index is 0.125. The van der Waals surface area contributed by atoms with Gasteiger partial charge in [0, 0.05) is 5.56 Å². The van der Waals surface area contributed by atoms with Crippen molar-refractivity contribution in [1.29, 1.82) is 0 Å². The molecule has 0 spiro atoms. The Kier molecular flexibility index (Phi) is 2.87.